The Morgan fingerprint density at radius 3 is 2.70 bits per heavy atom. The molecule has 0 aliphatic heterocycles. The third-order valence-corrected chi connectivity index (χ3v) is 4.66. The largest absolute Gasteiger partial charge is 0.494 e. The number of ether oxygens (including phenoxy) is 1. The lowest BCUT2D eigenvalue weighted by atomic mass is 10.1. The molecule has 0 heterocycles. The highest BCUT2D eigenvalue weighted by atomic mass is 32.2. The van der Waals surface area contributed by atoms with E-state index in [1.165, 1.54) is 11.1 Å². The summed E-state index contributed by atoms with van der Waals surface area (Å²) in [6, 6.07) is 6.76. The number of nitrogens with one attached hydrogen (secondary N) is 1. The standard InChI is InChI=1S/C16H27NO2S/c1-5-19-16-7-6-14(13(3)17-4)10-15(16)11-20-12(2)8-9-18/h6-7,10,12-13,17-18H,5,8-9,11H2,1-4H3. The van der Waals surface area contributed by atoms with Gasteiger partial charge >= 0.3 is 0 Å². The van der Waals surface area contributed by atoms with Crippen LogP contribution in [0.25, 0.3) is 0 Å². The summed E-state index contributed by atoms with van der Waals surface area (Å²) in [5, 5.41) is 12.7. The molecule has 2 atom stereocenters. The summed E-state index contributed by atoms with van der Waals surface area (Å²) in [4.78, 5) is 0. The van der Waals surface area contributed by atoms with Crippen molar-refractivity contribution in [1.82, 2.24) is 5.32 Å². The molecule has 0 radical (unpaired) electrons. The Morgan fingerprint density at radius 2 is 2.10 bits per heavy atom. The summed E-state index contributed by atoms with van der Waals surface area (Å²) in [5.74, 6) is 1.89. The van der Waals surface area contributed by atoms with Crippen LogP contribution in [0.2, 0.25) is 0 Å². The molecule has 1 aromatic rings. The van der Waals surface area contributed by atoms with Crippen molar-refractivity contribution in [3.63, 3.8) is 0 Å². The van der Waals surface area contributed by atoms with Gasteiger partial charge in [0.25, 0.3) is 0 Å². The molecule has 20 heavy (non-hydrogen) atoms. The number of benzene rings is 1. The van der Waals surface area contributed by atoms with E-state index in [0.29, 0.717) is 17.9 Å². The molecule has 1 aromatic carbocycles. The smallest absolute Gasteiger partial charge is 0.123 e. The maximum atomic E-state index is 8.98. The molecular weight excluding hydrogens is 270 g/mol. The van der Waals surface area contributed by atoms with Crippen LogP contribution >= 0.6 is 11.8 Å². The van der Waals surface area contributed by atoms with E-state index in [4.69, 9.17) is 9.84 Å². The van der Waals surface area contributed by atoms with Crippen LogP contribution in [0, 0.1) is 0 Å². The molecule has 0 fully saturated rings. The van der Waals surface area contributed by atoms with Crippen molar-refractivity contribution in [2.24, 2.45) is 0 Å². The number of aliphatic hydroxyl groups is 1. The lowest BCUT2D eigenvalue weighted by Crippen LogP contribution is -2.12. The van der Waals surface area contributed by atoms with Crippen LogP contribution in [0.15, 0.2) is 18.2 Å². The van der Waals surface area contributed by atoms with Crippen LogP contribution < -0.4 is 10.1 Å². The van der Waals surface area contributed by atoms with E-state index in [-0.39, 0.29) is 6.61 Å². The molecular formula is C16H27NO2S. The molecule has 0 bridgehead atoms. The number of hydrogen-bond donors (Lipinski definition) is 2. The van der Waals surface area contributed by atoms with E-state index in [9.17, 15) is 0 Å². The number of thioether (sulfide) groups is 1. The third kappa shape index (κ3) is 5.35. The molecule has 2 N–H and O–H groups in total. The fraction of sp³-hybridized carbons (Fsp3) is 0.625. The van der Waals surface area contributed by atoms with E-state index >= 15 is 0 Å². The quantitative estimate of drug-likeness (QED) is 0.733. The molecule has 2 unspecified atom stereocenters. The first-order valence-electron chi connectivity index (χ1n) is 7.27. The summed E-state index contributed by atoms with van der Waals surface area (Å²) in [7, 11) is 1.97. The van der Waals surface area contributed by atoms with Crippen LogP contribution in [0.3, 0.4) is 0 Å². The number of hydrogen-bond acceptors (Lipinski definition) is 4. The molecule has 0 aliphatic carbocycles. The van der Waals surface area contributed by atoms with Gasteiger partial charge in [0.15, 0.2) is 0 Å². The molecule has 114 valence electrons. The van der Waals surface area contributed by atoms with Gasteiger partial charge in [-0.05, 0) is 45.0 Å². The van der Waals surface area contributed by atoms with Gasteiger partial charge in [-0.2, -0.15) is 11.8 Å². The number of aliphatic hydroxyl groups excluding tert-OH is 1. The van der Waals surface area contributed by atoms with Gasteiger partial charge in [-0.3, -0.25) is 0 Å². The summed E-state index contributed by atoms with van der Waals surface area (Å²) in [5.41, 5.74) is 2.52. The van der Waals surface area contributed by atoms with Crippen LogP contribution in [0.4, 0.5) is 0 Å². The molecule has 1 rings (SSSR count). The SMILES string of the molecule is CCOc1ccc(C(C)NC)cc1CSC(C)CCO. The van der Waals surface area contributed by atoms with E-state index in [1.54, 1.807) is 0 Å². The van der Waals surface area contributed by atoms with E-state index in [2.05, 4.69) is 37.4 Å². The maximum absolute atomic E-state index is 8.98. The van der Waals surface area contributed by atoms with Crippen LogP contribution in [0.1, 0.15) is 44.4 Å². The zero-order valence-corrected chi connectivity index (χ0v) is 13.8. The summed E-state index contributed by atoms with van der Waals surface area (Å²) in [6.45, 7) is 7.26. The first-order chi connectivity index (χ1) is 9.62. The Hall–Kier alpha value is -0.710. The second-order valence-electron chi connectivity index (χ2n) is 4.94. The zero-order chi connectivity index (χ0) is 15.0. The minimum absolute atomic E-state index is 0.253. The molecule has 0 amide bonds. The fourth-order valence-electron chi connectivity index (χ4n) is 1.94. The monoisotopic (exact) mass is 297 g/mol. The van der Waals surface area contributed by atoms with Gasteiger partial charge in [-0.25, -0.2) is 0 Å². The predicted molar refractivity (Wildman–Crippen MR) is 87.5 cm³/mol. The van der Waals surface area contributed by atoms with Crippen molar-refractivity contribution in [3.8, 4) is 5.75 Å². The van der Waals surface area contributed by atoms with Gasteiger partial charge in [0, 0.05) is 29.2 Å². The normalized spacial score (nSPS) is 14.1. The van der Waals surface area contributed by atoms with E-state index < -0.39 is 0 Å². The van der Waals surface area contributed by atoms with Crippen molar-refractivity contribution in [3.05, 3.63) is 29.3 Å². The predicted octanol–water partition coefficient (Wildman–Crippen LogP) is 3.37. The topological polar surface area (TPSA) is 41.5 Å². The van der Waals surface area contributed by atoms with Crippen LogP contribution in [-0.2, 0) is 5.75 Å². The molecule has 4 heteroatoms. The zero-order valence-electron chi connectivity index (χ0n) is 13.0. The lowest BCUT2D eigenvalue weighted by molar-refractivity contribution is 0.289. The van der Waals surface area contributed by atoms with Crippen LogP contribution in [0.5, 0.6) is 5.75 Å². The first kappa shape index (κ1) is 17.3. The van der Waals surface area contributed by atoms with Crippen molar-refractivity contribution >= 4 is 11.8 Å². The van der Waals surface area contributed by atoms with Crippen molar-refractivity contribution in [1.29, 1.82) is 0 Å². The molecule has 3 nitrogen and oxygen atoms in total. The maximum Gasteiger partial charge on any atom is 0.123 e. The minimum atomic E-state index is 0.253. The lowest BCUT2D eigenvalue weighted by Gasteiger charge is -2.17. The Balaban J connectivity index is 2.82. The fourth-order valence-corrected chi connectivity index (χ4v) is 2.90. The van der Waals surface area contributed by atoms with Gasteiger partial charge in [0.1, 0.15) is 5.75 Å². The summed E-state index contributed by atoms with van der Waals surface area (Å²) >= 11 is 1.86. The Kier molecular flexibility index (Phi) is 8.04. The Labute approximate surface area is 127 Å². The van der Waals surface area contributed by atoms with Gasteiger partial charge in [0.2, 0.25) is 0 Å². The molecule has 0 saturated carbocycles. The highest BCUT2D eigenvalue weighted by Gasteiger charge is 2.10. The van der Waals surface area contributed by atoms with Crippen molar-refractivity contribution in [2.45, 2.75) is 44.2 Å². The molecule has 0 saturated heterocycles. The third-order valence-electron chi connectivity index (χ3n) is 3.38. The Morgan fingerprint density at radius 1 is 1.35 bits per heavy atom. The highest BCUT2D eigenvalue weighted by molar-refractivity contribution is 7.99. The van der Waals surface area contributed by atoms with Crippen molar-refractivity contribution < 1.29 is 9.84 Å². The Bertz CT molecular complexity index is 398. The second-order valence-corrected chi connectivity index (χ2v) is 6.37. The van der Waals surface area contributed by atoms with Gasteiger partial charge in [-0.15, -0.1) is 0 Å². The summed E-state index contributed by atoms with van der Waals surface area (Å²) in [6.07, 6.45) is 0.835. The number of rotatable bonds is 9. The van der Waals surface area contributed by atoms with E-state index in [1.807, 2.05) is 25.7 Å². The molecule has 0 aromatic heterocycles. The average Bonchev–Trinajstić information content (AvgIpc) is 2.46. The van der Waals surface area contributed by atoms with E-state index in [0.717, 1.165) is 17.9 Å². The van der Waals surface area contributed by atoms with Crippen LogP contribution in [-0.4, -0.2) is 30.6 Å². The van der Waals surface area contributed by atoms with Crippen molar-refractivity contribution in [2.75, 3.05) is 20.3 Å². The molecule has 0 aliphatic rings. The van der Waals surface area contributed by atoms with Gasteiger partial charge in [-0.1, -0.05) is 13.0 Å². The van der Waals surface area contributed by atoms with Gasteiger partial charge < -0.3 is 15.2 Å². The summed E-state index contributed by atoms with van der Waals surface area (Å²) < 4.78 is 5.71. The highest BCUT2D eigenvalue weighted by Crippen LogP contribution is 2.29. The average molecular weight is 297 g/mol. The second kappa shape index (κ2) is 9.27. The minimum Gasteiger partial charge on any atom is -0.494 e. The molecule has 0 spiro atoms. The van der Waals surface area contributed by atoms with Gasteiger partial charge in [0.05, 0.1) is 6.61 Å². The first-order valence-corrected chi connectivity index (χ1v) is 8.32.